The number of hydrogen-bond acceptors (Lipinski definition) is 4. The SMILES string of the molecule is Cc1ccc(CNCC(=O)Nc2ccc(SC(F)F)cc2)s1. The number of halogens is 2. The van der Waals surface area contributed by atoms with Crippen LogP contribution in [0.1, 0.15) is 9.75 Å². The largest absolute Gasteiger partial charge is 0.325 e. The fourth-order valence-electron chi connectivity index (χ4n) is 1.80. The van der Waals surface area contributed by atoms with E-state index in [4.69, 9.17) is 0 Å². The highest BCUT2D eigenvalue weighted by Gasteiger charge is 2.06. The normalized spacial score (nSPS) is 10.9. The minimum absolute atomic E-state index is 0.164. The van der Waals surface area contributed by atoms with Gasteiger partial charge in [0, 0.05) is 26.9 Å². The predicted molar refractivity (Wildman–Crippen MR) is 87.7 cm³/mol. The van der Waals surface area contributed by atoms with Crippen LogP contribution in [0.25, 0.3) is 0 Å². The Bertz CT molecular complexity index is 614. The molecule has 0 aliphatic carbocycles. The zero-order valence-electron chi connectivity index (χ0n) is 11.9. The van der Waals surface area contributed by atoms with Gasteiger partial charge in [0.2, 0.25) is 5.91 Å². The van der Waals surface area contributed by atoms with Crippen molar-refractivity contribution in [3.8, 4) is 0 Å². The van der Waals surface area contributed by atoms with Crippen molar-refractivity contribution in [1.82, 2.24) is 5.32 Å². The number of hydrogen-bond donors (Lipinski definition) is 2. The first-order valence-electron chi connectivity index (χ1n) is 6.63. The Hall–Kier alpha value is -1.44. The molecule has 1 amide bonds. The number of anilines is 1. The number of carbonyl (C=O) groups excluding carboxylic acids is 1. The lowest BCUT2D eigenvalue weighted by atomic mass is 10.3. The maximum atomic E-state index is 12.2. The van der Waals surface area contributed by atoms with Gasteiger partial charge in [-0.3, -0.25) is 4.79 Å². The molecule has 0 spiro atoms. The summed E-state index contributed by atoms with van der Waals surface area (Å²) in [4.78, 5) is 14.7. The molecule has 0 bridgehead atoms. The lowest BCUT2D eigenvalue weighted by Gasteiger charge is -2.07. The van der Waals surface area contributed by atoms with Crippen molar-refractivity contribution < 1.29 is 13.6 Å². The van der Waals surface area contributed by atoms with Crippen molar-refractivity contribution >= 4 is 34.7 Å². The minimum atomic E-state index is -2.44. The molecule has 0 fully saturated rings. The van der Waals surface area contributed by atoms with Crippen LogP contribution in [-0.2, 0) is 11.3 Å². The molecule has 0 unspecified atom stereocenters. The summed E-state index contributed by atoms with van der Waals surface area (Å²) in [5.74, 6) is -2.60. The minimum Gasteiger partial charge on any atom is -0.325 e. The number of carbonyl (C=O) groups is 1. The van der Waals surface area contributed by atoms with Gasteiger partial charge in [-0.15, -0.1) is 11.3 Å². The van der Waals surface area contributed by atoms with E-state index < -0.39 is 5.76 Å². The highest BCUT2D eigenvalue weighted by Crippen LogP contribution is 2.26. The molecule has 0 radical (unpaired) electrons. The molecular weight excluding hydrogens is 326 g/mol. The molecule has 1 aromatic carbocycles. The van der Waals surface area contributed by atoms with Crippen molar-refractivity contribution in [3.05, 3.63) is 46.2 Å². The summed E-state index contributed by atoms with van der Waals surface area (Å²) in [6, 6.07) is 10.4. The van der Waals surface area contributed by atoms with Crippen LogP contribution in [0.3, 0.4) is 0 Å². The topological polar surface area (TPSA) is 41.1 Å². The van der Waals surface area contributed by atoms with E-state index >= 15 is 0 Å². The van der Waals surface area contributed by atoms with E-state index in [1.807, 2.05) is 19.1 Å². The number of thioether (sulfide) groups is 1. The van der Waals surface area contributed by atoms with Crippen LogP contribution in [0.4, 0.5) is 14.5 Å². The van der Waals surface area contributed by atoms with Gasteiger partial charge < -0.3 is 10.6 Å². The van der Waals surface area contributed by atoms with E-state index in [9.17, 15) is 13.6 Å². The van der Waals surface area contributed by atoms with Crippen LogP contribution in [0.15, 0.2) is 41.3 Å². The molecule has 0 aliphatic rings. The molecule has 2 rings (SSSR count). The molecule has 0 aliphatic heterocycles. The van der Waals surface area contributed by atoms with Crippen LogP contribution in [0.5, 0.6) is 0 Å². The van der Waals surface area contributed by atoms with Crippen molar-refractivity contribution in [2.75, 3.05) is 11.9 Å². The third-order valence-corrected chi connectivity index (χ3v) is 4.47. The summed E-state index contributed by atoms with van der Waals surface area (Å²) in [6.45, 7) is 2.89. The lowest BCUT2D eigenvalue weighted by molar-refractivity contribution is -0.115. The van der Waals surface area contributed by atoms with E-state index in [0.717, 1.165) is 0 Å². The lowest BCUT2D eigenvalue weighted by Crippen LogP contribution is -2.27. The van der Waals surface area contributed by atoms with E-state index in [-0.39, 0.29) is 12.5 Å². The molecule has 118 valence electrons. The Morgan fingerprint density at radius 1 is 1.23 bits per heavy atom. The first-order chi connectivity index (χ1) is 10.5. The second kappa shape index (κ2) is 8.26. The van der Waals surface area contributed by atoms with Crippen LogP contribution >= 0.6 is 23.1 Å². The Morgan fingerprint density at radius 3 is 2.55 bits per heavy atom. The highest BCUT2D eigenvalue weighted by atomic mass is 32.2. The fourth-order valence-corrected chi connectivity index (χ4v) is 3.16. The van der Waals surface area contributed by atoms with E-state index in [2.05, 4.69) is 10.6 Å². The van der Waals surface area contributed by atoms with Crippen molar-refractivity contribution in [2.24, 2.45) is 0 Å². The Kier molecular flexibility index (Phi) is 6.35. The van der Waals surface area contributed by atoms with Gasteiger partial charge in [-0.25, -0.2) is 0 Å². The molecule has 1 heterocycles. The maximum absolute atomic E-state index is 12.2. The third-order valence-electron chi connectivity index (χ3n) is 2.74. The number of benzene rings is 1. The van der Waals surface area contributed by atoms with Crippen LogP contribution in [-0.4, -0.2) is 18.2 Å². The number of aryl methyl sites for hydroxylation is 1. The number of alkyl halides is 2. The summed E-state index contributed by atoms with van der Waals surface area (Å²) >= 11 is 2.17. The molecule has 2 N–H and O–H groups in total. The second-order valence-corrected chi connectivity index (χ2v) is 7.00. The van der Waals surface area contributed by atoms with Crippen molar-refractivity contribution in [3.63, 3.8) is 0 Å². The molecule has 0 saturated heterocycles. The highest BCUT2D eigenvalue weighted by molar-refractivity contribution is 7.99. The van der Waals surface area contributed by atoms with Gasteiger partial charge in [-0.2, -0.15) is 8.78 Å². The molecule has 2 aromatic rings. The zero-order chi connectivity index (χ0) is 15.9. The summed E-state index contributed by atoms with van der Waals surface area (Å²) < 4.78 is 24.4. The Morgan fingerprint density at radius 2 is 1.95 bits per heavy atom. The molecule has 7 heteroatoms. The Balaban J connectivity index is 1.74. The number of rotatable bonds is 7. The van der Waals surface area contributed by atoms with Crippen molar-refractivity contribution in [1.29, 1.82) is 0 Å². The van der Waals surface area contributed by atoms with E-state index in [0.29, 0.717) is 28.9 Å². The summed E-state index contributed by atoms with van der Waals surface area (Å²) in [6.07, 6.45) is 0. The summed E-state index contributed by atoms with van der Waals surface area (Å²) in [7, 11) is 0. The second-order valence-electron chi connectivity index (χ2n) is 4.57. The van der Waals surface area contributed by atoms with Gasteiger partial charge in [-0.1, -0.05) is 11.8 Å². The number of thiophene rings is 1. The standard InChI is InChI=1S/C15H16F2N2OS2/c1-10-2-5-13(21-10)8-18-9-14(20)19-11-3-6-12(7-4-11)22-15(16)17/h2-7,15,18H,8-9H2,1H3,(H,19,20). The number of nitrogens with one attached hydrogen (secondary N) is 2. The van der Waals surface area contributed by atoms with E-state index in [1.165, 1.54) is 9.75 Å². The van der Waals surface area contributed by atoms with Gasteiger partial charge >= 0.3 is 0 Å². The third kappa shape index (κ3) is 5.75. The smallest absolute Gasteiger partial charge is 0.288 e. The summed E-state index contributed by atoms with van der Waals surface area (Å²) in [5.41, 5.74) is 0.595. The number of amides is 1. The molecular formula is C15H16F2N2OS2. The van der Waals surface area contributed by atoms with E-state index in [1.54, 1.807) is 35.6 Å². The molecule has 1 aromatic heterocycles. The fraction of sp³-hybridized carbons (Fsp3) is 0.267. The first-order valence-corrected chi connectivity index (χ1v) is 8.33. The van der Waals surface area contributed by atoms with Gasteiger partial charge in [0.15, 0.2) is 0 Å². The zero-order valence-corrected chi connectivity index (χ0v) is 13.6. The molecule has 0 atom stereocenters. The van der Waals surface area contributed by atoms with Gasteiger partial charge in [0.1, 0.15) is 0 Å². The van der Waals surface area contributed by atoms with Gasteiger partial charge in [-0.05, 0) is 43.3 Å². The van der Waals surface area contributed by atoms with Gasteiger partial charge in [0.25, 0.3) is 5.76 Å². The average Bonchev–Trinajstić information content (AvgIpc) is 2.86. The summed E-state index contributed by atoms with van der Waals surface area (Å²) in [5, 5.41) is 5.79. The average molecular weight is 342 g/mol. The molecule has 3 nitrogen and oxygen atoms in total. The van der Waals surface area contributed by atoms with Crippen LogP contribution < -0.4 is 10.6 Å². The molecule has 22 heavy (non-hydrogen) atoms. The van der Waals surface area contributed by atoms with Gasteiger partial charge in [0.05, 0.1) is 6.54 Å². The predicted octanol–water partition coefficient (Wildman–Crippen LogP) is 4.10. The monoisotopic (exact) mass is 342 g/mol. The Labute approximate surface area is 136 Å². The van der Waals surface area contributed by atoms with Crippen molar-refractivity contribution in [2.45, 2.75) is 24.1 Å². The maximum Gasteiger partial charge on any atom is 0.288 e. The quantitative estimate of drug-likeness (QED) is 0.745. The first kappa shape index (κ1) is 16.9. The molecule has 0 saturated carbocycles. The van der Waals surface area contributed by atoms with Crippen LogP contribution in [0.2, 0.25) is 0 Å². The van der Waals surface area contributed by atoms with Crippen LogP contribution in [0, 0.1) is 6.92 Å².